The van der Waals surface area contributed by atoms with Crippen LogP contribution in [0.2, 0.25) is 0 Å². The van der Waals surface area contributed by atoms with Crippen LogP contribution < -0.4 is 10.2 Å². The molecule has 2 N–H and O–H groups in total. The van der Waals surface area contributed by atoms with E-state index in [9.17, 15) is 4.79 Å². The van der Waals surface area contributed by atoms with E-state index in [-0.39, 0.29) is 24.8 Å². The fourth-order valence-electron chi connectivity index (χ4n) is 1.74. The van der Waals surface area contributed by atoms with Crippen LogP contribution in [0.1, 0.15) is 10.4 Å². The smallest absolute Gasteiger partial charge is 0.335 e. The van der Waals surface area contributed by atoms with E-state index in [2.05, 4.69) is 10.2 Å². The number of nitrogens with zero attached hydrogens (tertiary/aromatic N) is 1. The summed E-state index contributed by atoms with van der Waals surface area (Å²) in [5.74, 6) is -0.873. The number of nitrogens with one attached hydrogen (secondary N) is 1. The highest BCUT2D eigenvalue weighted by Gasteiger charge is 2.10. The van der Waals surface area contributed by atoms with Crippen molar-refractivity contribution in [2.45, 2.75) is 0 Å². The van der Waals surface area contributed by atoms with E-state index < -0.39 is 5.97 Å². The van der Waals surface area contributed by atoms with Crippen molar-refractivity contribution in [1.29, 1.82) is 0 Å². The molecule has 1 aromatic rings. The number of carbonyl (C=O) groups is 1. The van der Waals surface area contributed by atoms with Gasteiger partial charge in [-0.3, -0.25) is 0 Å². The molecular formula is C11H16Cl2N2O2. The monoisotopic (exact) mass is 278 g/mol. The summed E-state index contributed by atoms with van der Waals surface area (Å²) in [5, 5.41) is 12.0. The Kier molecular flexibility index (Phi) is 6.95. The van der Waals surface area contributed by atoms with Crippen LogP contribution in [0.15, 0.2) is 24.3 Å². The molecule has 4 nitrogen and oxygen atoms in total. The average Bonchev–Trinajstić information content (AvgIpc) is 2.30. The van der Waals surface area contributed by atoms with Gasteiger partial charge in [-0.15, -0.1) is 24.8 Å². The summed E-state index contributed by atoms with van der Waals surface area (Å²) in [4.78, 5) is 12.9. The molecule has 1 aromatic carbocycles. The lowest BCUT2D eigenvalue weighted by atomic mass is 10.2. The molecule has 1 saturated heterocycles. The third kappa shape index (κ3) is 4.07. The molecule has 1 aliphatic heterocycles. The molecule has 0 amide bonds. The van der Waals surface area contributed by atoms with E-state index in [0.717, 1.165) is 31.9 Å². The van der Waals surface area contributed by atoms with Gasteiger partial charge < -0.3 is 15.3 Å². The minimum atomic E-state index is -0.873. The number of rotatable bonds is 2. The molecule has 1 aliphatic rings. The largest absolute Gasteiger partial charge is 0.478 e. The number of hydrogen-bond donors (Lipinski definition) is 2. The van der Waals surface area contributed by atoms with Crippen LogP contribution in [0.3, 0.4) is 0 Å². The van der Waals surface area contributed by atoms with Crippen molar-refractivity contribution >= 4 is 36.5 Å². The Bertz CT molecular complexity index is 351. The van der Waals surface area contributed by atoms with Crippen LogP contribution >= 0.6 is 24.8 Å². The molecule has 1 heterocycles. The molecular weight excluding hydrogens is 263 g/mol. The number of benzene rings is 1. The predicted molar refractivity (Wildman–Crippen MR) is 73.0 cm³/mol. The number of carboxylic acid groups (broad SMARTS) is 1. The molecule has 1 fully saturated rings. The zero-order valence-electron chi connectivity index (χ0n) is 9.26. The molecule has 0 atom stereocenters. The van der Waals surface area contributed by atoms with Crippen molar-refractivity contribution in [3.8, 4) is 0 Å². The fraction of sp³-hybridized carbons (Fsp3) is 0.364. The van der Waals surface area contributed by atoms with Gasteiger partial charge in [0.1, 0.15) is 0 Å². The first-order valence-corrected chi connectivity index (χ1v) is 5.06. The lowest BCUT2D eigenvalue weighted by Gasteiger charge is -2.29. The molecule has 17 heavy (non-hydrogen) atoms. The third-order valence-corrected chi connectivity index (χ3v) is 2.60. The Balaban J connectivity index is 0.00000128. The number of anilines is 1. The van der Waals surface area contributed by atoms with Crippen molar-refractivity contribution in [3.05, 3.63) is 29.8 Å². The van der Waals surface area contributed by atoms with Gasteiger partial charge in [0.15, 0.2) is 0 Å². The highest BCUT2D eigenvalue weighted by molar-refractivity contribution is 5.88. The second-order valence-electron chi connectivity index (χ2n) is 3.59. The van der Waals surface area contributed by atoms with Crippen LogP contribution in [-0.4, -0.2) is 37.3 Å². The topological polar surface area (TPSA) is 52.6 Å². The van der Waals surface area contributed by atoms with Crippen molar-refractivity contribution in [3.63, 3.8) is 0 Å². The van der Waals surface area contributed by atoms with Gasteiger partial charge in [0.25, 0.3) is 0 Å². The highest BCUT2D eigenvalue weighted by Crippen LogP contribution is 2.15. The Labute approximate surface area is 113 Å². The van der Waals surface area contributed by atoms with Crippen molar-refractivity contribution in [1.82, 2.24) is 5.32 Å². The summed E-state index contributed by atoms with van der Waals surface area (Å²) < 4.78 is 0. The standard InChI is InChI=1S/C11H14N2O2.2ClH/c14-11(15)9-1-3-10(4-2-9)13-7-5-12-6-8-13;;/h1-4,12H,5-8H2,(H,14,15);2*1H. The molecule has 0 spiro atoms. The number of piperazine rings is 1. The zero-order valence-corrected chi connectivity index (χ0v) is 10.9. The van der Waals surface area contributed by atoms with Crippen LogP contribution in [0, 0.1) is 0 Å². The number of carboxylic acids is 1. The molecule has 0 bridgehead atoms. The van der Waals surface area contributed by atoms with E-state index in [1.54, 1.807) is 12.1 Å². The number of aromatic carboxylic acids is 1. The van der Waals surface area contributed by atoms with Gasteiger partial charge in [0.2, 0.25) is 0 Å². The maximum atomic E-state index is 10.7. The number of hydrogen-bond acceptors (Lipinski definition) is 3. The average molecular weight is 279 g/mol. The van der Waals surface area contributed by atoms with E-state index >= 15 is 0 Å². The van der Waals surface area contributed by atoms with Gasteiger partial charge in [-0.25, -0.2) is 4.79 Å². The molecule has 0 unspecified atom stereocenters. The Morgan fingerprint density at radius 2 is 1.65 bits per heavy atom. The van der Waals surface area contributed by atoms with Gasteiger partial charge in [-0.05, 0) is 24.3 Å². The Morgan fingerprint density at radius 3 is 2.12 bits per heavy atom. The molecule has 2 rings (SSSR count). The zero-order chi connectivity index (χ0) is 10.7. The van der Waals surface area contributed by atoms with Crippen LogP contribution in [0.5, 0.6) is 0 Å². The summed E-state index contributed by atoms with van der Waals surface area (Å²) in [6, 6.07) is 7.04. The molecule has 6 heteroatoms. The second kappa shape index (κ2) is 7.37. The van der Waals surface area contributed by atoms with E-state index in [1.165, 1.54) is 0 Å². The number of halogens is 2. The lowest BCUT2D eigenvalue weighted by Crippen LogP contribution is -2.43. The summed E-state index contributed by atoms with van der Waals surface area (Å²) in [5.41, 5.74) is 1.44. The quantitative estimate of drug-likeness (QED) is 0.864. The van der Waals surface area contributed by atoms with Crippen LogP contribution in [-0.2, 0) is 0 Å². The molecule has 0 radical (unpaired) electrons. The summed E-state index contributed by atoms with van der Waals surface area (Å²) in [6.45, 7) is 3.93. The Hall–Kier alpha value is -0.970. The second-order valence-corrected chi connectivity index (χ2v) is 3.59. The van der Waals surface area contributed by atoms with E-state index in [1.807, 2.05) is 12.1 Å². The minimum Gasteiger partial charge on any atom is -0.478 e. The normalized spacial score (nSPS) is 14.5. The first kappa shape index (κ1) is 16.0. The molecule has 0 aromatic heterocycles. The maximum absolute atomic E-state index is 10.7. The van der Waals surface area contributed by atoms with E-state index in [4.69, 9.17) is 5.11 Å². The summed E-state index contributed by atoms with van der Waals surface area (Å²) >= 11 is 0. The molecule has 96 valence electrons. The van der Waals surface area contributed by atoms with Crippen LogP contribution in [0.25, 0.3) is 0 Å². The van der Waals surface area contributed by atoms with E-state index in [0.29, 0.717) is 5.56 Å². The molecule has 0 saturated carbocycles. The summed E-state index contributed by atoms with van der Waals surface area (Å²) in [7, 11) is 0. The van der Waals surface area contributed by atoms with Gasteiger partial charge in [0.05, 0.1) is 5.56 Å². The van der Waals surface area contributed by atoms with Crippen molar-refractivity contribution < 1.29 is 9.90 Å². The fourth-order valence-corrected chi connectivity index (χ4v) is 1.74. The Morgan fingerprint density at radius 1 is 1.12 bits per heavy atom. The van der Waals surface area contributed by atoms with Gasteiger partial charge in [0, 0.05) is 31.9 Å². The van der Waals surface area contributed by atoms with Crippen molar-refractivity contribution in [2.75, 3.05) is 31.1 Å². The van der Waals surface area contributed by atoms with Gasteiger partial charge >= 0.3 is 5.97 Å². The lowest BCUT2D eigenvalue weighted by molar-refractivity contribution is 0.0697. The van der Waals surface area contributed by atoms with Gasteiger partial charge in [-0.1, -0.05) is 0 Å². The third-order valence-electron chi connectivity index (χ3n) is 2.60. The van der Waals surface area contributed by atoms with Gasteiger partial charge in [-0.2, -0.15) is 0 Å². The van der Waals surface area contributed by atoms with Crippen molar-refractivity contribution in [2.24, 2.45) is 0 Å². The predicted octanol–water partition coefficient (Wildman–Crippen LogP) is 1.64. The molecule has 0 aliphatic carbocycles. The first-order chi connectivity index (χ1) is 7.27. The summed E-state index contributed by atoms with van der Waals surface area (Å²) in [6.07, 6.45) is 0. The highest BCUT2D eigenvalue weighted by atomic mass is 35.5. The van der Waals surface area contributed by atoms with Crippen LogP contribution in [0.4, 0.5) is 5.69 Å². The first-order valence-electron chi connectivity index (χ1n) is 5.06. The maximum Gasteiger partial charge on any atom is 0.335 e. The minimum absolute atomic E-state index is 0. The SMILES string of the molecule is Cl.Cl.O=C(O)c1ccc(N2CCNCC2)cc1.